The number of H-pyrrole nitrogens is 1. The third-order valence-electron chi connectivity index (χ3n) is 3.52. The molecule has 2 N–H and O–H groups in total. The van der Waals surface area contributed by atoms with Crippen molar-refractivity contribution < 1.29 is 9.53 Å². The first kappa shape index (κ1) is 15.0. The van der Waals surface area contributed by atoms with Crippen LogP contribution in [0.2, 0.25) is 0 Å². The largest absolute Gasteiger partial charge is 0.481 e. The van der Waals surface area contributed by atoms with E-state index in [0.29, 0.717) is 25.3 Å². The molecule has 23 heavy (non-hydrogen) atoms. The number of aryl methyl sites for hydroxylation is 1. The number of carbonyl (C=O) groups excluding carboxylic acids is 1. The van der Waals surface area contributed by atoms with E-state index in [2.05, 4.69) is 20.3 Å². The number of hydrogen-bond donors (Lipinski definition) is 2. The Bertz CT molecular complexity index is 763. The van der Waals surface area contributed by atoms with Crippen LogP contribution in [0.4, 0.5) is 0 Å². The van der Waals surface area contributed by atoms with Crippen molar-refractivity contribution in [2.24, 2.45) is 0 Å². The molecule has 0 aliphatic carbocycles. The van der Waals surface area contributed by atoms with Crippen LogP contribution in [-0.4, -0.2) is 28.0 Å². The highest BCUT2D eigenvalue weighted by atomic mass is 16.5. The van der Waals surface area contributed by atoms with Gasteiger partial charge in [0.15, 0.2) is 0 Å². The van der Waals surface area contributed by atoms with Crippen LogP contribution in [0.3, 0.4) is 0 Å². The molecule has 6 nitrogen and oxygen atoms in total. The van der Waals surface area contributed by atoms with Crippen LogP contribution in [0, 0.1) is 0 Å². The zero-order chi connectivity index (χ0) is 16.1. The predicted octanol–water partition coefficient (Wildman–Crippen LogP) is 2.22. The molecule has 3 aromatic rings. The number of amides is 1. The number of aromatic amines is 1. The van der Waals surface area contributed by atoms with Gasteiger partial charge in [0.05, 0.1) is 18.1 Å². The summed E-state index contributed by atoms with van der Waals surface area (Å²) in [5, 5.41) is 2.88. The molecule has 0 aliphatic heterocycles. The second-order valence-corrected chi connectivity index (χ2v) is 5.19. The van der Waals surface area contributed by atoms with E-state index in [1.54, 1.807) is 19.4 Å². The summed E-state index contributed by atoms with van der Waals surface area (Å²) in [4.78, 5) is 23.7. The maximum atomic E-state index is 11.9. The lowest BCUT2D eigenvalue weighted by Crippen LogP contribution is -2.23. The van der Waals surface area contributed by atoms with E-state index >= 15 is 0 Å². The number of fused-ring (bicyclic) bond motifs is 1. The number of imidazole rings is 1. The predicted molar refractivity (Wildman–Crippen MR) is 87.1 cm³/mol. The topological polar surface area (TPSA) is 79.9 Å². The first-order valence-electron chi connectivity index (χ1n) is 7.44. The van der Waals surface area contributed by atoms with Gasteiger partial charge < -0.3 is 15.0 Å². The van der Waals surface area contributed by atoms with Crippen molar-refractivity contribution in [3.8, 4) is 5.88 Å². The molecule has 1 aromatic carbocycles. The Morgan fingerprint density at radius 1 is 1.26 bits per heavy atom. The quantitative estimate of drug-likeness (QED) is 0.731. The van der Waals surface area contributed by atoms with Crippen LogP contribution >= 0.6 is 0 Å². The fraction of sp³-hybridized carbons (Fsp3) is 0.235. The lowest BCUT2D eigenvalue weighted by Gasteiger charge is -2.05. The number of pyridine rings is 1. The summed E-state index contributed by atoms with van der Waals surface area (Å²) in [5.74, 6) is 1.37. The molecule has 0 spiro atoms. The summed E-state index contributed by atoms with van der Waals surface area (Å²) in [6, 6.07) is 11.5. The SMILES string of the molecule is COc1ccc(CNC(=O)CCc2nc3ccccc3[nH]2)cn1. The summed E-state index contributed by atoms with van der Waals surface area (Å²) in [7, 11) is 1.57. The smallest absolute Gasteiger partial charge is 0.220 e. The first-order chi connectivity index (χ1) is 11.2. The Kier molecular flexibility index (Phi) is 4.52. The molecule has 2 aromatic heterocycles. The number of nitrogens with zero attached hydrogens (tertiary/aromatic N) is 2. The molecule has 1 amide bonds. The lowest BCUT2D eigenvalue weighted by molar-refractivity contribution is -0.121. The molecule has 2 heterocycles. The standard InChI is InChI=1S/C17H18N4O2/c1-23-17-9-6-12(11-19-17)10-18-16(22)8-7-15-20-13-4-2-3-5-14(13)21-15/h2-6,9,11H,7-8,10H2,1H3,(H,18,22)(H,20,21). The monoisotopic (exact) mass is 310 g/mol. The average Bonchev–Trinajstić information content (AvgIpc) is 3.01. The molecule has 0 saturated carbocycles. The highest BCUT2D eigenvalue weighted by molar-refractivity contribution is 5.77. The fourth-order valence-corrected chi connectivity index (χ4v) is 2.28. The molecule has 0 aliphatic rings. The van der Waals surface area contributed by atoms with Crippen LogP contribution < -0.4 is 10.1 Å². The molecule has 0 unspecified atom stereocenters. The Hall–Kier alpha value is -2.89. The van der Waals surface area contributed by atoms with E-state index in [4.69, 9.17) is 4.74 Å². The minimum Gasteiger partial charge on any atom is -0.481 e. The number of benzene rings is 1. The van der Waals surface area contributed by atoms with E-state index in [1.807, 2.05) is 30.3 Å². The zero-order valence-corrected chi connectivity index (χ0v) is 12.9. The van der Waals surface area contributed by atoms with Gasteiger partial charge in [-0.25, -0.2) is 9.97 Å². The molecule has 3 rings (SSSR count). The van der Waals surface area contributed by atoms with Gasteiger partial charge in [0.1, 0.15) is 5.82 Å². The number of para-hydroxylation sites is 2. The second-order valence-electron chi connectivity index (χ2n) is 5.19. The number of nitrogens with one attached hydrogen (secondary N) is 2. The van der Waals surface area contributed by atoms with Crippen LogP contribution in [0.25, 0.3) is 11.0 Å². The van der Waals surface area contributed by atoms with Gasteiger partial charge in [0.25, 0.3) is 0 Å². The molecular weight excluding hydrogens is 292 g/mol. The van der Waals surface area contributed by atoms with Crippen LogP contribution in [0.1, 0.15) is 17.8 Å². The molecule has 0 fully saturated rings. The molecule has 0 atom stereocenters. The molecular formula is C17H18N4O2. The Balaban J connectivity index is 1.49. The van der Waals surface area contributed by atoms with Crippen LogP contribution in [-0.2, 0) is 17.8 Å². The normalized spacial score (nSPS) is 10.7. The third-order valence-corrected chi connectivity index (χ3v) is 3.52. The van der Waals surface area contributed by atoms with Gasteiger partial charge in [-0.15, -0.1) is 0 Å². The molecule has 0 saturated heterocycles. The summed E-state index contributed by atoms with van der Waals surface area (Å²) < 4.78 is 5.00. The maximum absolute atomic E-state index is 11.9. The third kappa shape index (κ3) is 3.85. The van der Waals surface area contributed by atoms with Crippen molar-refractivity contribution in [2.45, 2.75) is 19.4 Å². The summed E-state index contributed by atoms with van der Waals surface area (Å²) in [6.07, 6.45) is 2.67. The Morgan fingerprint density at radius 2 is 2.13 bits per heavy atom. The summed E-state index contributed by atoms with van der Waals surface area (Å²) in [5.41, 5.74) is 2.85. The number of methoxy groups -OCH3 is 1. The highest BCUT2D eigenvalue weighted by Crippen LogP contribution is 2.11. The molecule has 118 valence electrons. The first-order valence-corrected chi connectivity index (χ1v) is 7.44. The summed E-state index contributed by atoms with van der Waals surface area (Å²) >= 11 is 0. The second kappa shape index (κ2) is 6.91. The van der Waals surface area contributed by atoms with Crippen LogP contribution in [0.5, 0.6) is 5.88 Å². The van der Waals surface area contributed by atoms with Crippen molar-refractivity contribution in [3.63, 3.8) is 0 Å². The average molecular weight is 310 g/mol. The summed E-state index contributed by atoms with van der Waals surface area (Å²) in [6.45, 7) is 0.454. The van der Waals surface area contributed by atoms with E-state index < -0.39 is 0 Å². The minimum absolute atomic E-state index is 0.0127. The number of ether oxygens (including phenoxy) is 1. The van der Waals surface area contributed by atoms with E-state index in [-0.39, 0.29) is 5.91 Å². The van der Waals surface area contributed by atoms with Gasteiger partial charge in [-0.2, -0.15) is 0 Å². The van der Waals surface area contributed by atoms with Crippen LogP contribution in [0.15, 0.2) is 42.6 Å². The number of hydrogen-bond acceptors (Lipinski definition) is 4. The number of rotatable bonds is 6. The molecule has 6 heteroatoms. The van der Waals surface area contributed by atoms with E-state index in [9.17, 15) is 4.79 Å². The highest BCUT2D eigenvalue weighted by Gasteiger charge is 2.06. The van der Waals surface area contributed by atoms with Crippen molar-refractivity contribution >= 4 is 16.9 Å². The van der Waals surface area contributed by atoms with E-state index in [0.717, 1.165) is 22.4 Å². The van der Waals surface area contributed by atoms with Gasteiger partial charge >= 0.3 is 0 Å². The van der Waals surface area contributed by atoms with Crippen molar-refractivity contribution in [2.75, 3.05) is 7.11 Å². The van der Waals surface area contributed by atoms with Gasteiger partial charge in [-0.1, -0.05) is 18.2 Å². The van der Waals surface area contributed by atoms with Gasteiger partial charge in [0.2, 0.25) is 11.8 Å². The lowest BCUT2D eigenvalue weighted by atomic mass is 10.2. The van der Waals surface area contributed by atoms with Crippen molar-refractivity contribution in [1.82, 2.24) is 20.3 Å². The van der Waals surface area contributed by atoms with Gasteiger partial charge in [-0.05, 0) is 17.7 Å². The molecule has 0 radical (unpaired) electrons. The van der Waals surface area contributed by atoms with Crippen molar-refractivity contribution in [1.29, 1.82) is 0 Å². The maximum Gasteiger partial charge on any atom is 0.220 e. The Labute approximate surface area is 133 Å². The van der Waals surface area contributed by atoms with Gasteiger partial charge in [-0.3, -0.25) is 4.79 Å². The number of carbonyl (C=O) groups is 1. The van der Waals surface area contributed by atoms with Crippen molar-refractivity contribution in [3.05, 3.63) is 54.0 Å². The zero-order valence-electron chi connectivity index (χ0n) is 12.9. The Morgan fingerprint density at radius 3 is 2.87 bits per heavy atom. The minimum atomic E-state index is -0.0127. The fourth-order valence-electron chi connectivity index (χ4n) is 2.28. The van der Waals surface area contributed by atoms with E-state index in [1.165, 1.54) is 0 Å². The number of aromatic nitrogens is 3. The molecule has 0 bridgehead atoms. The van der Waals surface area contributed by atoms with Gasteiger partial charge in [0, 0.05) is 31.6 Å².